The van der Waals surface area contributed by atoms with Crippen molar-refractivity contribution in [1.82, 2.24) is 9.97 Å². The van der Waals surface area contributed by atoms with E-state index in [1.165, 1.54) is 30.4 Å². The molecule has 1 fully saturated rings. The Labute approximate surface area is 112 Å². The van der Waals surface area contributed by atoms with E-state index in [-0.39, 0.29) is 0 Å². The number of aryl methyl sites for hydroxylation is 1. The number of nitrogens with one attached hydrogen (secondary N) is 1. The number of aromatic amines is 1. The molecule has 0 spiro atoms. The number of nitrogens with zero attached hydrogens (tertiary/aromatic N) is 1. The summed E-state index contributed by atoms with van der Waals surface area (Å²) in [7, 11) is 0. The average molecular weight is 256 g/mol. The van der Waals surface area contributed by atoms with Gasteiger partial charge in [0.15, 0.2) is 4.77 Å². The highest BCUT2D eigenvalue weighted by molar-refractivity contribution is 7.71. The molecule has 1 aliphatic carbocycles. The molecule has 1 aliphatic rings. The molecule has 2 nitrogen and oxygen atoms in total. The van der Waals surface area contributed by atoms with Gasteiger partial charge in [0.1, 0.15) is 0 Å². The summed E-state index contributed by atoms with van der Waals surface area (Å²) in [6.45, 7) is 2.02. The Bertz CT molecular complexity index is 626. The molecular weight excluding hydrogens is 240 g/mol. The number of hydrogen-bond donors (Lipinski definition) is 1. The predicted molar refractivity (Wildman–Crippen MR) is 76.2 cm³/mol. The van der Waals surface area contributed by atoms with E-state index in [1.807, 2.05) is 6.92 Å². The summed E-state index contributed by atoms with van der Waals surface area (Å²) in [5.41, 5.74) is 4.73. The molecule has 1 aromatic heterocycles. The maximum absolute atomic E-state index is 5.17. The van der Waals surface area contributed by atoms with Crippen LogP contribution in [0.2, 0.25) is 0 Å². The van der Waals surface area contributed by atoms with Crippen LogP contribution in [-0.2, 0) is 0 Å². The largest absolute Gasteiger partial charge is 0.335 e. The van der Waals surface area contributed by atoms with Crippen molar-refractivity contribution in [1.29, 1.82) is 0 Å². The summed E-state index contributed by atoms with van der Waals surface area (Å²) in [5, 5.41) is 0. The Morgan fingerprint density at radius 2 is 2.06 bits per heavy atom. The van der Waals surface area contributed by atoms with Crippen LogP contribution in [0.25, 0.3) is 11.3 Å². The van der Waals surface area contributed by atoms with E-state index in [2.05, 4.69) is 40.3 Å². The summed E-state index contributed by atoms with van der Waals surface area (Å²) >= 11 is 5.17. The Hall–Kier alpha value is -1.48. The van der Waals surface area contributed by atoms with Crippen molar-refractivity contribution < 1.29 is 0 Å². The fourth-order valence-corrected chi connectivity index (χ4v) is 2.78. The van der Waals surface area contributed by atoms with Gasteiger partial charge >= 0.3 is 0 Å². The fourth-order valence-electron chi connectivity index (χ4n) is 2.52. The molecule has 3 rings (SSSR count). The number of aromatic nitrogens is 2. The van der Waals surface area contributed by atoms with Crippen LogP contribution in [0, 0.1) is 11.7 Å². The molecule has 1 heterocycles. The highest BCUT2D eigenvalue weighted by Crippen LogP contribution is 2.40. The highest BCUT2D eigenvalue weighted by atomic mass is 32.1. The lowest BCUT2D eigenvalue weighted by Crippen LogP contribution is -2.10. The first kappa shape index (κ1) is 11.6. The third-order valence-corrected chi connectivity index (χ3v) is 3.85. The first-order valence-electron chi connectivity index (χ1n) is 6.41. The van der Waals surface area contributed by atoms with E-state index >= 15 is 0 Å². The quantitative estimate of drug-likeness (QED) is 0.808. The van der Waals surface area contributed by atoms with E-state index in [9.17, 15) is 0 Å². The maximum atomic E-state index is 5.17. The van der Waals surface area contributed by atoms with E-state index in [1.54, 1.807) is 0 Å². The Morgan fingerprint density at radius 1 is 1.28 bits per heavy atom. The SMILES string of the molecule is Cc1cc(-c2ccccc2C2CCC2)nc(=S)[nH]1. The van der Waals surface area contributed by atoms with Gasteiger partial charge in [0.25, 0.3) is 0 Å². The summed E-state index contributed by atoms with van der Waals surface area (Å²) in [5.74, 6) is 0.709. The number of hydrogen-bond acceptors (Lipinski definition) is 2. The van der Waals surface area contributed by atoms with E-state index in [4.69, 9.17) is 12.2 Å². The van der Waals surface area contributed by atoms with Gasteiger partial charge in [0, 0.05) is 11.3 Å². The summed E-state index contributed by atoms with van der Waals surface area (Å²) in [6, 6.07) is 10.7. The number of rotatable bonds is 2. The van der Waals surface area contributed by atoms with Crippen molar-refractivity contribution in [2.24, 2.45) is 0 Å². The van der Waals surface area contributed by atoms with Gasteiger partial charge in [-0.25, -0.2) is 4.98 Å². The van der Waals surface area contributed by atoms with Crippen molar-refractivity contribution >= 4 is 12.2 Å². The third kappa shape index (κ3) is 2.10. The molecule has 1 N–H and O–H groups in total. The Kier molecular flexibility index (Phi) is 3.00. The van der Waals surface area contributed by atoms with Crippen molar-refractivity contribution in [2.45, 2.75) is 32.1 Å². The predicted octanol–water partition coefficient (Wildman–Crippen LogP) is 4.38. The first-order chi connectivity index (χ1) is 8.74. The summed E-state index contributed by atoms with van der Waals surface area (Å²) in [4.78, 5) is 7.53. The van der Waals surface area contributed by atoms with Gasteiger partial charge in [0.2, 0.25) is 0 Å². The molecule has 0 bridgehead atoms. The van der Waals surface area contributed by atoms with Gasteiger partial charge in [-0.15, -0.1) is 0 Å². The molecule has 0 amide bonds. The molecule has 0 atom stereocenters. The standard InChI is InChI=1S/C15H16N2S/c1-10-9-14(17-15(18)16-10)13-8-3-2-7-12(13)11-5-4-6-11/h2-3,7-9,11H,4-6H2,1H3,(H,16,17,18). The van der Waals surface area contributed by atoms with Crippen LogP contribution in [0.1, 0.15) is 36.4 Å². The third-order valence-electron chi connectivity index (χ3n) is 3.66. The van der Waals surface area contributed by atoms with Crippen molar-refractivity contribution in [2.75, 3.05) is 0 Å². The zero-order chi connectivity index (χ0) is 12.5. The second-order valence-electron chi connectivity index (χ2n) is 4.97. The van der Waals surface area contributed by atoms with Crippen molar-refractivity contribution in [3.05, 3.63) is 46.4 Å². The zero-order valence-electron chi connectivity index (χ0n) is 10.4. The topological polar surface area (TPSA) is 28.7 Å². The van der Waals surface area contributed by atoms with Crippen LogP contribution >= 0.6 is 12.2 Å². The molecule has 18 heavy (non-hydrogen) atoms. The van der Waals surface area contributed by atoms with E-state index < -0.39 is 0 Å². The Balaban J connectivity index is 2.13. The van der Waals surface area contributed by atoms with Gasteiger partial charge in [-0.3, -0.25) is 0 Å². The van der Waals surface area contributed by atoms with E-state index in [0.29, 0.717) is 10.7 Å². The summed E-state index contributed by atoms with van der Waals surface area (Å²) in [6.07, 6.45) is 3.95. The van der Waals surface area contributed by atoms with Gasteiger partial charge in [-0.2, -0.15) is 0 Å². The molecule has 0 saturated heterocycles. The minimum absolute atomic E-state index is 0.563. The minimum atomic E-state index is 0.563. The highest BCUT2D eigenvalue weighted by Gasteiger charge is 2.22. The van der Waals surface area contributed by atoms with Gasteiger partial charge in [-0.05, 0) is 49.5 Å². The second-order valence-corrected chi connectivity index (χ2v) is 5.36. The molecule has 2 aromatic rings. The molecule has 1 saturated carbocycles. The van der Waals surface area contributed by atoms with Crippen molar-refractivity contribution in [3.63, 3.8) is 0 Å². The molecule has 0 unspecified atom stereocenters. The smallest absolute Gasteiger partial charge is 0.197 e. The monoisotopic (exact) mass is 256 g/mol. The molecular formula is C15H16N2S. The number of benzene rings is 1. The minimum Gasteiger partial charge on any atom is -0.335 e. The van der Waals surface area contributed by atoms with Crippen LogP contribution in [0.5, 0.6) is 0 Å². The average Bonchev–Trinajstić information content (AvgIpc) is 2.26. The van der Waals surface area contributed by atoms with Gasteiger partial charge in [-0.1, -0.05) is 30.7 Å². The number of H-pyrrole nitrogens is 1. The van der Waals surface area contributed by atoms with Crippen LogP contribution in [0.3, 0.4) is 0 Å². The molecule has 3 heteroatoms. The van der Waals surface area contributed by atoms with Crippen LogP contribution in [-0.4, -0.2) is 9.97 Å². The van der Waals surface area contributed by atoms with Gasteiger partial charge in [0.05, 0.1) is 5.69 Å². The zero-order valence-corrected chi connectivity index (χ0v) is 11.3. The fraction of sp³-hybridized carbons (Fsp3) is 0.333. The molecule has 92 valence electrons. The lowest BCUT2D eigenvalue weighted by atomic mass is 9.78. The van der Waals surface area contributed by atoms with Crippen LogP contribution in [0.15, 0.2) is 30.3 Å². The normalized spacial score (nSPS) is 15.4. The van der Waals surface area contributed by atoms with Gasteiger partial charge < -0.3 is 4.98 Å². The van der Waals surface area contributed by atoms with Crippen LogP contribution < -0.4 is 0 Å². The van der Waals surface area contributed by atoms with Crippen molar-refractivity contribution in [3.8, 4) is 11.3 Å². The molecule has 0 radical (unpaired) electrons. The maximum Gasteiger partial charge on any atom is 0.197 e. The summed E-state index contributed by atoms with van der Waals surface area (Å²) < 4.78 is 0.563. The molecule has 0 aliphatic heterocycles. The lowest BCUT2D eigenvalue weighted by Gasteiger charge is -2.27. The van der Waals surface area contributed by atoms with Crippen LogP contribution in [0.4, 0.5) is 0 Å². The molecule has 1 aromatic carbocycles. The Morgan fingerprint density at radius 3 is 2.72 bits per heavy atom. The van der Waals surface area contributed by atoms with E-state index in [0.717, 1.165) is 11.4 Å². The second kappa shape index (κ2) is 4.65. The lowest BCUT2D eigenvalue weighted by molar-refractivity contribution is 0.420. The first-order valence-corrected chi connectivity index (χ1v) is 6.82.